The molecule has 11 heteroatoms. The maximum Gasteiger partial charge on any atom is 0.264 e. The summed E-state index contributed by atoms with van der Waals surface area (Å²) in [5, 5.41) is 24.9. The molecule has 0 radical (unpaired) electrons. The average Bonchev–Trinajstić information content (AvgIpc) is 3.09. The molecule has 0 atom stereocenters. The number of hydrogen-bond acceptors (Lipinski definition) is 9. The van der Waals surface area contributed by atoms with Gasteiger partial charge in [-0.3, -0.25) is 4.79 Å². The number of aromatic nitrogens is 3. The lowest BCUT2D eigenvalue weighted by Crippen LogP contribution is -2.17. The minimum absolute atomic E-state index is 0.00574. The number of carbonyl (C=O) groups is 1. The first kappa shape index (κ1) is 22.0. The van der Waals surface area contributed by atoms with Crippen LogP contribution in [0, 0.1) is 13.8 Å². The third kappa shape index (κ3) is 5.66. The molecule has 31 heavy (non-hydrogen) atoms. The van der Waals surface area contributed by atoms with E-state index in [0.717, 1.165) is 28.6 Å². The molecule has 0 aliphatic heterocycles. The van der Waals surface area contributed by atoms with Crippen molar-refractivity contribution in [1.82, 2.24) is 14.9 Å². The van der Waals surface area contributed by atoms with Gasteiger partial charge in [-0.05, 0) is 60.9 Å². The van der Waals surface area contributed by atoms with Gasteiger partial charge in [0.1, 0.15) is 0 Å². The molecule has 0 saturated heterocycles. The lowest BCUT2D eigenvalue weighted by Gasteiger charge is -2.07. The van der Waals surface area contributed by atoms with Gasteiger partial charge in [0.2, 0.25) is 11.1 Å². The number of hydrazone groups is 1. The number of nitrogens with two attached hydrogens (primary N) is 1. The summed E-state index contributed by atoms with van der Waals surface area (Å²) in [4.78, 5) is 12.2. The van der Waals surface area contributed by atoms with E-state index in [2.05, 4.69) is 26.0 Å². The molecule has 10 nitrogen and oxygen atoms in total. The van der Waals surface area contributed by atoms with Crippen LogP contribution in [0.2, 0.25) is 0 Å². The van der Waals surface area contributed by atoms with Gasteiger partial charge in [-0.2, -0.15) is 5.10 Å². The highest BCUT2D eigenvalue weighted by Gasteiger charge is 2.12. The van der Waals surface area contributed by atoms with Gasteiger partial charge in [-0.25, -0.2) is 10.1 Å². The maximum atomic E-state index is 12.2. The second kappa shape index (κ2) is 9.85. The van der Waals surface area contributed by atoms with Gasteiger partial charge in [0.15, 0.2) is 11.5 Å². The summed E-state index contributed by atoms with van der Waals surface area (Å²) in [7, 11) is 1.47. The molecule has 0 aliphatic carbocycles. The van der Waals surface area contributed by atoms with Crippen LogP contribution >= 0.6 is 11.8 Å². The van der Waals surface area contributed by atoms with Crippen molar-refractivity contribution in [1.29, 1.82) is 0 Å². The molecule has 2 aromatic carbocycles. The molecule has 0 unspecified atom stereocenters. The van der Waals surface area contributed by atoms with Crippen molar-refractivity contribution in [2.75, 3.05) is 29.4 Å². The van der Waals surface area contributed by atoms with E-state index in [1.165, 1.54) is 24.1 Å². The number of methoxy groups -OCH3 is 1. The lowest BCUT2D eigenvalue weighted by atomic mass is 10.1. The Hall–Kier alpha value is -3.73. The molecular formula is C20H23N7O3S. The Balaban J connectivity index is 1.54. The number of carbonyl (C=O) groups excluding carboxylic acids is 1. The molecular weight excluding hydrogens is 418 g/mol. The molecule has 1 aromatic heterocycles. The summed E-state index contributed by atoms with van der Waals surface area (Å²) in [6, 6.07) is 10.6. The normalized spacial score (nSPS) is 10.9. The number of nitrogens with one attached hydrogen (secondary N) is 2. The van der Waals surface area contributed by atoms with Crippen molar-refractivity contribution >= 4 is 35.5 Å². The summed E-state index contributed by atoms with van der Waals surface area (Å²) in [5.74, 6) is 6.49. The van der Waals surface area contributed by atoms with Crippen LogP contribution in [0.4, 0.5) is 11.6 Å². The van der Waals surface area contributed by atoms with E-state index in [9.17, 15) is 9.90 Å². The molecule has 0 bridgehead atoms. The molecule has 0 aliphatic rings. The first-order chi connectivity index (χ1) is 14.9. The van der Waals surface area contributed by atoms with E-state index in [1.807, 2.05) is 32.0 Å². The van der Waals surface area contributed by atoms with Gasteiger partial charge in [-0.1, -0.05) is 17.8 Å². The SMILES string of the molecule is COc1ccc(/C=N/Nc2nnc(SCC(=O)Nc3ccc(C)c(C)c3)n2N)cc1O. The van der Waals surface area contributed by atoms with E-state index < -0.39 is 0 Å². The summed E-state index contributed by atoms with van der Waals surface area (Å²) in [6.45, 7) is 4.01. The summed E-state index contributed by atoms with van der Waals surface area (Å²) in [5.41, 5.74) is 6.33. The Kier molecular flexibility index (Phi) is 6.98. The first-order valence-electron chi connectivity index (χ1n) is 9.24. The Labute approximate surface area is 183 Å². The summed E-state index contributed by atoms with van der Waals surface area (Å²) >= 11 is 1.15. The fourth-order valence-corrected chi connectivity index (χ4v) is 3.21. The lowest BCUT2D eigenvalue weighted by molar-refractivity contribution is -0.113. The van der Waals surface area contributed by atoms with Gasteiger partial charge < -0.3 is 21.0 Å². The minimum Gasteiger partial charge on any atom is -0.504 e. The van der Waals surface area contributed by atoms with E-state index in [4.69, 9.17) is 10.6 Å². The quantitative estimate of drug-likeness (QED) is 0.181. The van der Waals surface area contributed by atoms with Gasteiger partial charge in [-0.15, -0.1) is 10.2 Å². The van der Waals surface area contributed by atoms with Crippen LogP contribution in [0.25, 0.3) is 0 Å². The Morgan fingerprint density at radius 2 is 2.06 bits per heavy atom. The summed E-state index contributed by atoms with van der Waals surface area (Å²) < 4.78 is 6.20. The zero-order valence-corrected chi connectivity index (χ0v) is 18.1. The van der Waals surface area contributed by atoms with Crippen molar-refractivity contribution in [3.63, 3.8) is 0 Å². The van der Waals surface area contributed by atoms with E-state index in [1.54, 1.807) is 12.1 Å². The maximum absolute atomic E-state index is 12.2. The van der Waals surface area contributed by atoms with Gasteiger partial charge in [0, 0.05) is 5.69 Å². The molecule has 0 spiro atoms. The Morgan fingerprint density at radius 1 is 1.26 bits per heavy atom. The van der Waals surface area contributed by atoms with Crippen molar-refractivity contribution in [3.05, 3.63) is 53.1 Å². The van der Waals surface area contributed by atoms with E-state index in [0.29, 0.717) is 16.5 Å². The molecule has 0 fully saturated rings. The number of anilines is 2. The predicted molar refractivity (Wildman–Crippen MR) is 121 cm³/mol. The van der Waals surface area contributed by atoms with Crippen molar-refractivity contribution in [2.45, 2.75) is 19.0 Å². The van der Waals surface area contributed by atoms with Crippen LogP contribution in [-0.4, -0.2) is 45.0 Å². The minimum atomic E-state index is -0.178. The number of benzene rings is 2. The smallest absolute Gasteiger partial charge is 0.264 e. The number of hydrogen-bond donors (Lipinski definition) is 4. The Morgan fingerprint density at radius 3 is 2.77 bits per heavy atom. The van der Waals surface area contributed by atoms with E-state index >= 15 is 0 Å². The number of amides is 1. The molecule has 3 aromatic rings. The highest BCUT2D eigenvalue weighted by molar-refractivity contribution is 7.99. The van der Waals surface area contributed by atoms with Crippen LogP contribution in [0.3, 0.4) is 0 Å². The van der Waals surface area contributed by atoms with Crippen LogP contribution in [0.15, 0.2) is 46.7 Å². The second-order valence-corrected chi connectivity index (χ2v) is 7.56. The fraction of sp³-hybridized carbons (Fsp3) is 0.200. The molecule has 0 saturated carbocycles. The average molecular weight is 442 g/mol. The molecule has 162 valence electrons. The number of phenols is 1. The van der Waals surface area contributed by atoms with Crippen LogP contribution in [0.5, 0.6) is 11.5 Å². The third-order valence-electron chi connectivity index (χ3n) is 4.37. The monoisotopic (exact) mass is 441 g/mol. The standard InChI is InChI=1S/C20H23N7O3S/c1-12-4-6-15(8-13(12)2)23-18(29)11-31-20-26-25-19(27(20)21)24-22-10-14-5-7-17(30-3)16(28)9-14/h4-10,28H,11,21H2,1-3H3,(H,23,29)(H,24,25)/b22-10+. The van der Waals surface area contributed by atoms with Crippen LogP contribution in [-0.2, 0) is 4.79 Å². The van der Waals surface area contributed by atoms with Crippen LogP contribution in [0.1, 0.15) is 16.7 Å². The van der Waals surface area contributed by atoms with Gasteiger partial charge in [0.25, 0.3) is 5.95 Å². The van der Waals surface area contributed by atoms with Crippen molar-refractivity contribution < 1.29 is 14.6 Å². The zero-order chi connectivity index (χ0) is 22.4. The number of rotatable bonds is 8. The number of nitrogen functional groups attached to an aromatic ring is 1. The zero-order valence-electron chi connectivity index (χ0n) is 17.3. The number of ether oxygens (including phenoxy) is 1. The Bertz CT molecular complexity index is 1110. The largest absolute Gasteiger partial charge is 0.504 e. The van der Waals surface area contributed by atoms with Gasteiger partial charge in [0.05, 0.1) is 19.1 Å². The van der Waals surface area contributed by atoms with Crippen molar-refractivity contribution in [3.8, 4) is 11.5 Å². The topological polar surface area (TPSA) is 140 Å². The highest BCUT2D eigenvalue weighted by Crippen LogP contribution is 2.25. The number of phenolic OH excluding ortho intramolecular Hbond substituents is 1. The van der Waals surface area contributed by atoms with Crippen molar-refractivity contribution in [2.24, 2.45) is 5.10 Å². The molecule has 5 N–H and O–H groups in total. The third-order valence-corrected chi connectivity index (χ3v) is 5.31. The second-order valence-electron chi connectivity index (χ2n) is 6.61. The number of aromatic hydroxyl groups is 1. The molecule has 3 rings (SSSR count). The number of nitrogens with zero attached hydrogens (tertiary/aromatic N) is 4. The van der Waals surface area contributed by atoms with Crippen LogP contribution < -0.4 is 21.3 Å². The summed E-state index contributed by atoms with van der Waals surface area (Å²) in [6.07, 6.45) is 1.48. The van der Waals surface area contributed by atoms with Gasteiger partial charge >= 0.3 is 0 Å². The number of aryl methyl sites for hydroxylation is 2. The molecule has 1 amide bonds. The first-order valence-corrected chi connectivity index (χ1v) is 10.2. The molecule has 1 heterocycles. The predicted octanol–water partition coefficient (Wildman–Crippen LogP) is 2.50. The highest BCUT2D eigenvalue weighted by atomic mass is 32.2. The van der Waals surface area contributed by atoms with E-state index in [-0.39, 0.29) is 23.4 Å². The fourth-order valence-electron chi connectivity index (χ4n) is 2.55. The number of thioether (sulfide) groups is 1.